The molecule has 12 heteroatoms. The summed E-state index contributed by atoms with van der Waals surface area (Å²) < 4.78 is 16.0. The minimum atomic E-state index is -1.38. The van der Waals surface area contributed by atoms with Crippen LogP contribution in [0.5, 0.6) is 0 Å². The maximum absolute atomic E-state index is 13.8. The fraction of sp³-hybridized carbons (Fsp3) is 0.553. The molecule has 2 atom stereocenters. The molecule has 12 nitrogen and oxygen atoms in total. The van der Waals surface area contributed by atoms with Gasteiger partial charge in [0.05, 0.1) is 13.0 Å². The van der Waals surface area contributed by atoms with Crippen LogP contribution in [0, 0.1) is 5.92 Å². The molecule has 0 aliphatic rings. The van der Waals surface area contributed by atoms with Gasteiger partial charge in [-0.25, -0.2) is 14.4 Å². The first kappa shape index (κ1) is 41.6. The van der Waals surface area contributed by atoms with Crippen molar-refractivity contribution in [1.29, 1.82) is 0 Å². The van der Waals surface area contributed by atoms with Gasteiger partial charge in [0, 0.05) is 26.1 Å². The number of unbranched alkanes of at least 4 members (excludes halogenated alkanes) is 1. The number of amides is 4. The second-order valence-corrected chi connectivity index (χ2v) is 14.8. The van der Waals surface area contributed by atoms with Crippen molar-refractivity contribution >= 4 is 30.0 Å². The summed E-state index contributed by atoms with van der Waals surface area (Å²) in [4.78, 5) is 67.1. The second kappa shape index (κ2) is 18.4. The van der Waals surface area contributed by atoms with Gasteiger partial charge < -0.3 is 35.1 Å². The van der Waals surface area contributed by atoms with Crippen molar-refractivity contribution in [3.05, 3.63) is 60.2 Å². The van der Waals surface area contributed by atoms with Gasteiger partial charge >= 0.3 is 24.1 Å². The number of hydrogen-bond donors (Lipinski definition) is 3. The number of rotatable bonds is 15. The average Bonchev–Trinajstić information content (AvgIpc) is 3.02. The van der Waals surface area contributed by atoms with Gasteiger partial charge in [-0.2, -0.15) is 0 Å². The van der Waals surface area contributed by atoms with E-state index in [-0.39, 0.29) is 26.1 Å². The molecule has 0 heterocycles. The molecule has 0 saturated heterocycles. The van der Waals surface area contributed by atoms with E-state index in [0.29, 0.717) is 6.42 Å². The summed E-state index contributed by atoms with van der Waals surface area (Å²) in [5.41, 5.74) is -0.0876. The van der Waals surface area contributed by atoms with Crippen molar-refractivity contribution in [3.8, 4) is 11.1 Å². The number of hydrogen-bond acceptors (Lipinski definition) is 8. The Morgan fingerprint density at radius 2 is 1.36 bits per heavy atom. The lowest BCUT2D eigenvalue weighted by Crippen LogP contribution is -2.57. The Morgan fingerprint density at radius 1 is 0.780 bits per heavy atom. The molecule has 2 rings (SSSR count). The predicted octanol–water partition coefficient (Wildman–Crippen LogP) is 5.63. The zero-order chi connectivity index (χ0) is 37.7. The molecular weight excluding hydrogens is 640 g/mol. The fourth-order valence-corrected chi connectivity index (χ4v) is 4.83. The molecule has 276 valence electrons. The number of methoxy groups -OCH3 is 1. The van der Waals surface area contributed by atoms with Gasteiger partial charge in [-0.15, -0.1) is 0 Å². The highest BCUT2D eigenvalue weighted by molar-refractivity contribution is 5.89. The van der Waals surface area contributed by atoms with Crippen molar-refractivity contribution in [1.82, 2.24) is 20.9 Å². The van der Waals surface area contributed by atoms with Crippen LogP contribution in [0.3, 0.4) is 0 Å². The lowest BCUT2D eigenvalue weighted by Gasteiger charge is -2.31. The molecule has 2 aromatic rings. The lowest BCUT2D eigenvalue weighted by atomic mass is 10.0. The number of nitrogens with zero attached hydrogens (tertiary/aromatic N) is 1. The summed E-state index contributed by atoms with van der Waals surface area (Å²) in [5.74, 6) is -2.77. The quantitative estimate of drug-likeness (QED) is 0.160. The Morgan fingerprint density at radius 3 is 1.90 bits per heavy atom. The number of urea groups is 1. The molecule has 0 aromatic heterocycles. The summed E-state index contributed by atoms with van der Waals surface area (Å²) in [6, 6.07) is 16.0. The number of benzene rings is 2. The highest BCUT2D eigenvalue weighted by atomic mass is 16.6. The molecule has 0 radical (unpaired) electrons. The minimum Gasteiger partial charge on any atom is -0.467 e. The van der Waals surface area contributed by atoms with E-state index in [1.54, 1.807) is 41.5 Å². The summed E-state index contributed by atoms with van der Waals surface area (Å²) in [6.07, 6.45) is 0.796. The maximum atomic E-state index is 13.8. The van der Waals surface area contributed by atoms with E-state index in [4.69, 9.17) is 14.2 Å². The molecule has 0 fully saturated rings. The third-order valence-electron chi connectivity index (χ3n) is 7.42. The highest BCUT2D eigenvalue weighted by Gasteiger charge is 2.35. The van der Waals surface area contributed by atoms with E-state index < -0.39 is 58.7 Å². The monoisotopic (exact) mass is 696 g/mol. The van der Waals surface area contributed by atoms with Crippen LogP contribution < -0.4 is 16.0 Å². The topological polar surface area (TPSA) is 152 Å². The molecule has 0 bridgehead atoms. The molecule has 0 unspecified atom stereocenters. The predicted molar refractivity (Wildman–Crippen MR) is 192 cm³/mol. The normalized spacial score (nSPS) is 12.9. The number of carbonyl (C=O) groups excluding carboxylic acids is 5. The Kier molecular flexibility index (Phi) is 15.3. The Bertz CT molecular complexity index is 1430. The van der Waals surface area contributed by atoms with Crippen LogP contribution in [-0.4, -0.2) is 84.4 Å². The van der Waals surface area contributed by atoms with Crippen molar-refractivity contribution in [2.75, 3.05) is 26.7 Å². The molecular formula is C38H56N4O8. The van der Waals surface area contributed by atoms with Gasteiger partial charge in [-0.05, 0) is 78.5 Å². The molecule has 4 amide bonds. The lowest BCUT2D eigenvalue weighted by molar-refractivity contribution is -0.160. The molecule has 2 aromatic carbocycles. The van der Waals surface area contributed by atoms with E-state index in [0.717, 1.165) is 23.1 Å². The standard InChI is InChI=1S/C38H56N4O8/c1-11-12-22-42(34(46)40-30(32(44)48-10)23-26-18-20-28(21-19-26)27-16-14-13-15-17-27)25-29(31(43)49-36(2,3)4)24-39-33(45)38(8,9)41-35(47)50-37(5,6)7/h13-21,29-30H,11-12,22-25H2,1-10H3,(H,39,45)(H,40,46)(H,41,47)/t29-,30+/m1/s1. The van der Waals surface area contributed by atoms with Crippen LogP contribution in [0.2, 0.25) is 0 Å². The molecule has 0 saturated carbocycles. The van der Waals surface area contributed by atoms with Crippen molar-refractivity contribution in [2.45, 2.75) is 104 Å². The fourth-order valence-electron chi connectivity index (χ4n) is 4.83. The van der Waals surface area contributed by atoms with Crippen molar-refractivity contribution in [3.63, 3.8) is 0 Å². The zero-order valence-electron chi connectivity index (χ0n) is 31.3. The van der Waals surface area contributed by atoms with Crippen LogP contribution in [0.1, 0.15) is 80.7 Å². The number of ether oxygens (including phenoxy) is 3. The van der Waals surface area contributed by atoms with Gasteiger partial charge in [0.1, 0.15) is 22.8 Å². The Hall–Kier alpha value is -4.61. The summed E-state index contributed by atoms with van der Waals surface area (Å²) in [6.45, 7) is 15.3. The Labute approximate surface area is 297 Å². The second-order valence-electron chi connectivity index (χ2n) is 14.8. The average molecular weight is 697 g/mol. The van der Waals surface area contributed by atoms with Crippen molar-refractivity contribution < 1.29 is 38.2 Å². The van der Waals surface area contributed by atoms with E-state index in [1.165, 1.54) is 25.9 Å². The van der Waals surface area contributed by atoms with Crippen LogP contribution in [-0.2, 0) is 35.0 Å². The number of alkyl carbamates (subject to hydrolysis) is 1. The van der Waals surface area contributed by atoms with Gasteiger partial charge in [-0.1, -0.05) is 67.9 Å². The molecule has 3 N–H and O–H groups in total. The van der Waals surface area contributed by atoms with E-state index in [2.05, 4.69) is 16.0 Å². The molecule has 0 aliphatic heterocycles. The minimum absolute atomic E-state index is 0.111. The largest absolute Gasteiger partial charge is 0.467 e. The zero-order valence-corrected chi connectivity index (χ0v) is 31.3. The van der Waals surface area contributed by atoms with Gasteiger partial charge in [0.2, 0.25) is 5.91 Å². The van der Waals surface area contributed by atoms with Gasteiger partial charge in [-0.3, -0.25) is 9.59 Å². The van der Waals surface area contributed by atoms with Crippen LogP contribution in [0.15, 0.2) is 54.6 Å². The van der Waals surface area contributed by atoms with Gasteiger partial charge in [0.15, 0.2) is 0 Å². The van der Waals surface area contributed by atoms with Crippen LogP contribution in [0.4, 0.5) is 9.59 Å². The van der Waals surface area contributed by atoms with Crippen molar-refractivity contribution in [2.24, 2.45) is 5.92 Å². The highest BCUT2D eigenvalue weighted by Crippen LogP contribution is 2.20. The third-order valence-corrected chi connectivity index (χ3v) is 7.42. The first-order chi connectivity index (χ1) is 23.2. The summed E-state index contributed by atoms with van der Waals surface area (Å²) >= 11 is 0. The SMILES string of the molecule is CCCCN(C[C@@H](CNC(=O)C(C)(C)NC(=O)OC(C)(C)C)C(=O)OC(C)(C)C)C(=O)N[C@@H](Cc1ccc(-c2ccccc2)cc1)C(=O)OC. The number of esters is 2. The summed E-state index contributed by atoms with van der Waals surface area (Å²) in [5, 5.41) is 8.09. The first-order valence-electron chi connectivity index (χ1n) is 17.0. The number of carbonyl (C=O) groups is 5. The summed E-state index contributed by atoms with van der Waals surface area (Å²) in [7, 11) is 1.26. The molecule has 0 aliphatic carbocycles. The van der Waals surface area contributed by atoms with E-state index in [1.807, 2.05) is 61.5 Å². The van der Waals surface area contributed by atoms with E-state index in [9.17, 15) is 24.0 Å². The first-order valence-corrected chi connectivity index (χ1v) is 17.0. The smallest absolute Gasteiger partial charge is 0.408 e. The van der Waals surface area contributed by atoms with Crippen LogP contribution >= 0.6 is 0 Å². The number of nitrogens with one attached hydrogen (secondary N) is 3. The van der Waals surface area contributed by atoms with Gasteiger partial charge in [0.25, 0.3) is 0 Å². The Balaban J connectivity index is 2.26. The third kappa shape index (κ3) is 14.5. The maximum Gasteiger partial charge on any atom is 0.408 e. The van der Waals surface area contributed by atoms with E-state index >= 15 is 0 Å². The van der Waals surface area contributed by atoms with Crippen LogP contribution in [0.25, 0.3) is 11.1 Å². The molecule has 50 heavy (non-hydrogen) atoms. The molecule has 0 spiro atoms.